The lowest BCUT2D eigenvalue weighted by atomic mass is 10.0. The van der Waals surface area contributed by atoms with E-state index in [2.05, 4.69) is 4.72 Å². The summed E-state index contributed by atoms with van der Waals surface area (Å²) in [5, 5.41) is -0.176. The van der Waals surface area contributed by atoms with Gasteiger partial charge in [-0.25, -0.2) is 12.8 Å². The van der Waals surface area contributed by atoms with E-state index in [1.165, 1.54) is 29.2 Å². The molecule has 5 nitrogen and oxygen atoms in total. The number of anilines is 2. The zero-order valence-electron chi connectivity index (χ0n) is 12.9. The van der Waals surface area contributed by atoms with Crippen LogP contribution >= 0.6 is 11.6 Å². The van der Waals surface area contributed by atoms with Gasteiger partial charge in [0, 0.05) is 12.7 Å². The Morgan fingerprint density at radius 1 is 1.21 bits per heavy atom. The van der Waals surface area contributed by atoms with Crippen LogP contribution in [-0.2, 0) is 14.8 Å². The van der Waals surface area contributed by atoms with E-state index in [-0.39, 0.29) is 21.5 Å². The molecule has 8 heteroatoms. The predicted molar refractivity (Wildman–Crippen MR) is 90.5 cm³/mol. The minimum absolute atomic E-state index is 0.0247. The van der Waals surface area contributed by atoms with Gasteiger partial charge in [-0.2, -0.15) is 0 Å². The van der Waals surface area contributed by atoms with Gasteiger partial charge in [0.25, 0.3) is 10.0 Å². The minimum atomic E-state index is -3.88. The fourth-order valence-corrected chi connectivity index (χ4v) is 3.93. The molecule has 1 atom stereocenters. The molecule has 0 saturated carbocycles. The Morgan fingerprint density at radius 2 is 1.92 bits per heavy atom. The van der Waals surface area contributed by atoms with Gasteiger partial charge >= 0.3 is 0 Å². The summed E-state index contributed by atoms with van der Waals surface area (Å²) in [4.78, 5) is 13.5. The lowest BCUT2D eigenvalue weighted by molar-refractivity contribution is -0.118. The number of nitrogens with zero attached hydrogens (tertiary/aromatic N) is 1. The molecule has 0 aromatic heterocycles. The summed E-state index contributed by atoms with van der Waals surface area (Å²) in [5.41, 5.74) is 1.50. The Kier molecular flexibility index (Phi) is 4.01. The highest BCUT2D eigenvalue weighted by Crippen LogP contribution is 2.37. The van der Waals surface area contributed by atoms with Crippen molar-refractivity contribution in [2.45, 2.75) is 17.7 Å². The molecule has 126 valence electrons. The maximum atomic E-state index is 13.2. The molecule has 0 aliphatic carbocycles. The van der Waals surface area contributed by atoms with Crippen molar-refractivity contribution in [2.75, 3.05) is 16.7 Å². The van der Waals surface area contributed by atoms with Gasteiger partial charge in [-0.15, -0.1) is 0 Å². The van der Waals surface area contributed by atoms with E-state index in [0.29, 0.717) is 11.3 Å². The summed E-state index contributed by atoms with van der Waals surface area (Å²) in [5.74, 6) is -1.12. The van der Waals surface area contributed by atoms with Gasteiger partial charge in [-0.3, -0.25) is 9.52 Å². The Morgan fingerprint density at radius 3 is 2.58 bits per heavy atom. The van der Waals surface area contributed by atoms with Gasteiger partial charge in [0.15, 0.2) is 0 Å². The maximum Gasteiger partial charge on any atom is 0.261 e. The third-order valence-corrected chi connectivity index (χ3v) is 5.68. The van der Waals surface area contributed by atoms with Crippen LogP contribution in [0.1, 0.15) is 18.4 Å². The lowest BCUT2D eigenvalue weighted by Crippen LogP contribution is -2.22. The molecule has 1 heterocycles. The van der Waals surface area contributed by atoms with Gasteiger partial charge in [0.1, 0.15) is 5.82 Å². The third kappa shape index (κ3) is 2.74. The number of amides is 1. The number of carbonyl (C=O) groups is 1. The quantitative estimate of drug-likeness (QED) is 0.903. The van der Waals surface area contributed by atoms with Crippen LogP contribution in [0.25, 0.3) is 0 Å². The first-order valence-electron chi connectivity index (χ1n) is 7.10. The highest BCUT2D eigenvalue weighted by atomic mass is 35.5. The Labute approximate surface area is 144 Å². The van der Waals surface area contributed by atoms with Crippen molar-refractivity contribution in [1.82, 2.24) is 0 Å². The van der Waals surface area contributed by atoms with Crippen LogP contribution in [-0.4, -0.2) is 21.4 Å². The summed E-state index contributed by atoms with van der Waals surface area (Å²) in [6.45, 7) is 1.73. The largest absolute Gasteiger partial charge is 0.315 e. The molecule has 0 fully saturated rings. The lowest BCUT2D eigenvalue weighted by Gasteiger charge is -2.12. The molecule has 24 heavy (non-hydrogen) atoms. The van der Waals surface area contributed by atoms with Gasteiger partial charge in [-0.05, 0) is 48.9 Å². The topological polar surface area (TPSA) is 66.5 Å². The van der Waals surface area contributed by atoms with Gasteiger partial charge in [-0.1, -0.05) is 11.6 Å². The van der Waals surface area contributed by atoms with E-state index >= 15 is 0 Å². The van der Waals surface area contributed by atoms with Crippen molar-refractivity contribution in [3.8, 4) is 0 Å². The average molecular weight is 369 g/mol. The fraction of sp³-hybridized carbons (Fsp3) is 0.188. The standard InChI is InChI=1S/C16H14ClFN2O3S/c1-9-12-8-11(4-6-15(12)20(2)16(9)21)24(22,23)19-10-3-5-14(18)13(17)7-10/h3-9,19H,1-2H3/t9-/m0/s1. The first kappa shape index (κ1) is 16.7. The zero-order valence-corrected chi connectivity index (χ0v) is 14.5. The molecule has 2 aromatic rings. The second-order valence-corrected chi connectivity index (χ2v) is 7.66. The van der Waals surface area contributed by atoms with E-state index in [0.717, 1.165) is 6.07 Å². The number of nitrogens with one attached hydrogen (secondary N) is 1. The van der Waals surface area contributed by atoms with Crippen LogP contribution < -0.4 is 9.62 Å². The van der Waals surface area contributed by atoms with Crippen LogP contribution in [0.15, 0.2) is 41.3 Å². The average Bonchev–Trinajstić information content (AvgIpc) is 2.75. The molecular formula is C16H14ClFN2O3S. The molecule has 1 aliphatic heterocycles. The van der Waals surface area contributed by atoms with Crippen molar-refractivity contribution in [3.63, 3.8) is 0 Å². The normalized spacial score (nSPS) is 17.1. The first-order valence-corrected chi connectivity index (χ1v) is 8.96. The summed E-state index contributed by atoms with van der Waals surface area (Å²) in [6, 6.07) is 8.07. The van der Waals surface area contributed by atoms with E-state index in [9.17, 15) is 17.6 Å². The molecule has 0 unspecified atom stereocenters. The van der Waals surface area contributed by atoms with Crippen LogP contribution in [0.2, 0.25) is 5.02 Å². The van der Waals surface area contributed by atoms with Crippen molar-refractivity contribution in [3.05, 3.63) is 52.8 Å². The summed E-state index contributed by atoms with van der Waals surface area (Å²) < 4.78 is 40.6. The third-order valence-electron chi connectivity index (χ3n) is 4.01. The van der Waals surface area contributed by atoms with Crippen molar-refractivity contribution in [2.24, 2.45) is 0 Å². The molecular weight excluding hydrogens is 355 g/mol. The van der Waals surface area contributed by atoms with Crippen LogP contribution in [0.5, 0.6) is 0 Å². The monoisotopic (exact) mass is 368 g/mol. The number of hydrogen-bond acceptors (Lipinski definition) is 3. The van der Waals surface area contributed by atoms with Crippen molar-refractivity contribution >= 4 is 38.9 Å². The molecule has 1 amide bonds. The Balaban J connectivity index is 1.96. The summed E-state index contributed by atoms with van der Waals surface area (Å²) in [6.07, 6.45) is 0. The van der Waals surface area contributed by atoms with Crippen LogP contribution in [0, 0.1) is 5.82 Å². The minimum Gasteiger partial charge on any atom is -0.315 e. The van der Waals surface area contributed by atoms with Gasteiger partial charge in [0.05, 0.1) is 21.5 Å². The number of carbonyl (C=O) groups excluding carboxylic acids is 1. The molecule has 0 saturated heterocycles. The van der Waals surface area contributed by atoms with E-state index in [4.69, 9.17) is 11.6 Å². The molecule has 1 N–H and O–H groups in total. The SMILES string of the molecule is C[C@@H]1C(=O)N(C)c2ccc(S(=O)(=O)Nc3ccc(F)c(Cl)c3)cc21. The van der Waals surface area contributed by atoms with Crippen molar-refractivity contribution in [1.29, 1.82) is 0 Å². The van der Waals surface area contributed by atoms with Crippen molar-refractivity contribution < 1.29 is 17.6 Å². The number of hydrogen-bond donors (Lipinski definition) is 1. The van der Waals surface area contributed by atoms with Gasteiger partial charge in [0.2, 0.25) is 5.91 Å². The number of halogens is 2. The molecule has 0 bridgehead atoms. The molecule has 2 aromatic carbocycles. The Hall–Kier alpha value is -2.12. The second-order valence-electron chi connectivity index (χ2n) is 5.57. The number of fused-ring (bicyclic) bond motifs is 1. The summed E-state index contributed by atoms with van der Waals surface area (Å²) in [7, 11) is -2.23. The fourth-order valence-electron chi connectivity index (χ4n) is 2.67. The van der Waals surface area contributed by atoms with Crippen LogP contribution in [0.4, 0.5) is 15.8 Å². The molecule has 0 radical (unpaired) electrons. The zero-order chi connectivity index (χ0) is 17.6. The number of sulfonamides is 1. The van der Waals surface area contributed by atoms with E-state index < -0.39 is 21.8 Å². The summed E-state index contributed by atoms with van der Waals surface area (Å²) >= 11 is 5.66. The smallest absolute Gasteiger partial charge is 0.261 e. The number of rotatable bonds is 3. The molecule has 3 rings (SSSR count). The molecule has 1 aliphatic rings. The number of benzene rings is 2. The van der Waals surface area contributed by atoms with E-state index in [1.54, 1.807) is 20.0 Å². The molecule has 0 spiro atoms. The van der Waals surface area contributed by atoms with E-state index in [1.807, 2.05) is 0 Å². The van der Waals surface area contributed by atoms with Gasteiger partial charge < -0.3 is 4.90 Å². The predicted octanol–water partition coefficient (Wildman–Crippen LogP) is 3.36. The maximum absolute atomic E-state index is 13.2. The second kappa shape index (κ2) is 5.75. The highest BCUT2D eigenvalue weighted by Gasteiger charge is 2.32. The van der Waals surface area contributed by atoms with Crippen LogP contribution in [0.3, 0.4) is 0 Å². The highest BCUT2D eigenvalue weighted by molar-refractivity contribution is 7.92. The Bertz CT molecular complexity index is 946. The first-order chi connectivity index (χ1) is 11.2. The number of likely N-dealkylation sites (N-methyl/N-ethyl adjacent to an activating group) is 1.